The molecule has 2 aliphatic rings. The average molecular weight is 730 g/mol. The van der Waals surface area contributed by atoms with Gasteiger partial charge in [0.1, 0.15) is 6.33 Å². The Morgan fingerprint density at radius 2 is 1.55 bits per heavy atom. The van der Waals surface area contributed by atoms with Crippen LogP contribution in [0.1, 0.15) is 71.9 Å². The topological polar surface area (TPSA) is 111 Å². The van der Waals surface area contributed by atoms with Gasteiger partial charge in [-0.1, -0.05) is 42.5 Å². The Labute approximate surface area is 299 Å². The number of halogens is 3. The molecule has 1 amide bonds. The molecule has 3 heterocycles. The van der Waals surface area contributed by atoms with Crippen LogP contribution in [-0.2, 0) is 23.1 Å². The Bertz CT molecular complexity index is 1670. The molecule has 278 valence electrons. The van der Waals surface area contributed by atoms with Crippen LogP contribution in [0.25, 0.3) is 0 Å². The minimum Gasteiger partial charge on any atom is -0.364 e. The lowest BCUT2D eigenvalue weighted by atomic mass is 9.85. The molecule has 0 aliphatic carbocycles. The van der Waals surface area contributed by atoms with Crippen molar-refractivity contribution in [3.05, 3.63) is 89.0 Å². The molecule has 10 nitrogen and oxygen atoms in total. The van der Waals surface area contributed by atoms with Gasteiger partial charge in [0.05, 0.1) is 29.1 Å². The first-order chi connectivity index (χ1) is 24.2. The zero-order valence-corrected chi connectivity index (χ0v) is 30.6. The zero-order valence-electron chi connectivity index (χ0n) is 29.8. The van der Waals surface area contributed by atoms with Crippen LogP contribution in [0, 0.1) is 13.8 Å². The van der Waals surface area contributed by atoms with E-state index in [-0.39, 0.29) is 36.8 Å². The average Bonchev–Trinajstić information content (AvgIpc) is 3.10. The minimum absolute atomic E-state index is 0.0113. The van der Waals surface area contributed by atoms with Gasteiger partial charge in [0.2, 0.25) is 10.0 Å². The second kappa shape index (κ2) is 16.8. The van der Waals surface area contributed by atoms with Gasteiger partial charge in [0.15, 0.2) is 0 Å². The van der Waals surface area contributed by atoms with Crippen LogP contribution in [0.5, 0.6) is 0 Å². The highest BCUT2D eigenvalue weighted by molar-refractivity contribution is 7.89. The third-order valence-corrected chi connectivity index (χ3v) is 11.7. The minimum atomic E-state index is -4.27. The predicted molar refractivity (Wildman–Crippen MR) is 193 cm³/mol. The van der Waals surface area contributed by atoms with Gasteiger partial charge in [0, 0.05) is 69.6 Å². The van der Waals surface area contributed by atoms with Gasteiger partial charge in [-0.3, -0.25) is 9.69 Å². The number of benzene rings is 2. The number of anilines is 1. The summed E-state index contributed by atoms with van der Waals surface area (Å²) in [5.74, 6) is -0.285. The van der Waals surface area contributed by atoms with E-state index in [0.29, 0.717) is 36.1 Å². The Balaban J connectivity index is 1.16. The molecule has 2 aromatic carbocycles. The van der Waals surface area contributed by atoms with Gasteiger partial charge in [0.25, 0.3) is 5.91 Å². The zero-order chi connectivity index (χ0) is 36.6. The van der Waals surface area contributed by atoms with Crippen molar-refractivity contribution in [2.24, 2.45) is 0 Å². The number of aromatic nitrogens is 2. The summed E-state index contributed by atoms with van der Waals surface area (Å²) >= 11 is 0. The molecule has 0 saturated carbocycles. The van der Waals surface area contributed by atoms with Crippen LogP contribution in [-0.4, -0.2) is 96.9 Å². The molecule has 2 aliphatic heterocycles. The van der Waals surface area contributed by atoms with E-state index in [0.717, 1.165) is 56.6 Å². The first-order valence-electron chi connectivity index (χ1n) is 17.7. The van der Waals surface area contributed by atoms with Crippen molar-refractivity contribution in [2.75, 3.05) is 49.9 Å². The van der Waals surface area contributed by atoms with Crippen LogP contribution in [0.3, 0.4) is 0 Å². The molecule has 5 rings (SSSR count). The van der Waals surface area contributed by atoms with Crippen molar-refractivity contribution in [3.63, 3.8) is 0 Å². The number of alkyl halides is 3. The van der Waals surface area contributed by atoms with Gasteiger partial charge in [-0.05, 0) is 69.7 Å². The van der Waals surface area contributed by atoms with E-state index in [9.17, 15) is 26.4 Å². The molecule has 2 N–H and O–H groups in total. The lowest BCUT2D eigenvalue weighted by Crippen LogP contribution is -2.58. The molecule has 2 fully saturated rings. The summed E-state index contributed by atoms with van der Waals surface area (Å²) in [5.41, 5.74) is 5.12. The van der Waals surface area contributed by atoms with Crippen molar-refractivity contribution in [2.45, 2.75) is 83.7 Å². The van der Waals surface area contributed by atoms with E-state index in [1.165, 1.54) is 11.9 Å². The number of likely N-dealkylation sites (tertiary alicyclic amines) is 2. The van der Waals surface area contributed by atoms with E-state index < -0.39 is 22.6 Å². The lowest BCUT2D eigenvalue weighted by molar-refractivity contribution is -0.133. The first kappa shape index (κ1) is 38.6. The SMILES string of the molecule is Cc1ncnc(C)c1C(=O)N1CCC(C)(N2CCC(N(Cc3ccccc3)c3ccc(CNS(=O)(=O)CCNCCC(F)(F)F)cc3)CC2)CC1. The molecule has 2 saturated heterocycles. The number of sulfonamides is 1. The summed E-state index contributed by atoms with van der Waals surface area (Å²) in [7, 11) is -3.66. The molecule has 0 radical (unpaired) electrons. The maximum atomic E-state index is 13.4. The van der Waals surface area contributed by atoms with Crippen molar-refractivity contribution in [1.82, 2.24) is 29.8 Å². The highest BCUT2D eigenvalue weighted by Gasteiger charge is 2.40. The third-order valence-electron chi connectivity index (χ3n) is 10.3. The standard InChI is InChI=1S/C37H50F3N7O3S/c1-28-34(29(2)43-27-42-28)35(48)45-22-16-36(3,17-23-45)46-20-13-33(14-21-46)47(26-31-7-5-4-6-8-31)32-11-9-30(10-12-32)25-44-51(49,50)24-19-41-18-15-37(38,39)40/h4-12,27,33,41,44H,13-26H2,1-3H3. The van der Waals surface area contributed by atoms with Gasteiger partial charge in [-0.25, -0.2) is 23.1 Å². The number of amides is 1. The first-order valence-corrected chi connectivity index (χ1v) is 19.4. The lowest BCUT2D eigenvalue weighted by Gasteiger charge is -2.50. The van der Waals surface area contributed by atoms with Crippen LogP contribution in [0.2, 0.25) is 0 Å². The second-order valence-electron chi connectivity index (χ2n) is 14.0. The normalized spacial score (nSPS) is 17.4. The fraction of sp³-hybridized carbons (Fsp3) is 0.541. The number of carbonyl (C=O) groups is 1. The fourth-order valence-corrected chi connectivity index (χ4v) is 8.07. The summed E-state index contributed by atoms with van der Waals surface area (Å²) in [5, 5.41) is 2.54. The number of hydrogen-bond donors (Lipinski definition) is 2. The largest absolute Gasteiger partial charge is 0.390 e. The maximum Gasteiger partial charge on any atom is 0.390 e. The molecular formula is C37H50F3N7O3S. The van der Waals surface area contributed by atoms with Crippen molar-refractivity contribution in [3.8, 4) is 0 Å². The van der Waals surface area contributed by atoms with Gasteiger partial charge in [-0.15, -0.1) is 0 Å². The van der Waals surface area contributed by atoms with Gasteiger partial charge in [-0.2, -0.15) is 13.2 Å². The Kier molecular flexibility index (Phi) is 12.7. The number of nitrogens with zero attached hydrogens (tertiary/aromatic N) is 5. The monoisotopic (exact) mass is 729 g/mol. The molecule has 14 heteroatoms. The van der Waals surface area contributed by atoms with Crippen molar-refractivity contribution in [1.29, 1.82) is 0 Å². The third kappa shape index (κ3) is 10.7. The molecule has 3 aromatic rings. The summed E-state index contributed by atoms with van der Waals surface area (Å²) in [6, 6.07) is 18.6. The van der Waals surface area contributed by atoms with Crippen LogP contribution < -0.4 is 14.9 Å². The van der Waals surface area contributed by atoms with E-state index in [2.05, 4.69) is 48.9 Å². The summed E-state index contributed by atoms with van der Waals surface area (Å²) < 4.78 is 64.4. The predicted octanol–water partition coefficient (Wildman–Crippen LogP) is 5.22. The summed E-state index contributed by atoms with van der Waals surface area (Å²) in [6.07, 6.45) is 0.0182. The molecule has 51 heavy (non-hydrogen) atoms. The highest BCUT2D eigenvalue weighted by atomic mass is 32.2. The number of aryl methyl sites for hydroxylation is 2. The Morgan fingerprint density at radius 3 is 2.16 bits per heavy atom. The van der Waals surface area contributed by atoms with Crippen LogP contribution >= 0.6 is 0 Å². The molecule has 1 aromatic heterocycles. The van der Waals surface area contributed by atoms with Crippen LogP contribution in [0.4, 0.5) is 18.9 Å². The molecule has 0 bridgehead atoms. The van der Waals surface area contributed by atoms with Gasteiger partial charge < -0.3 is 15.1 Å². The molecular weight excluding hydrogens is 680 g/mol. The Morgan fingerprint density at radius 1 is 0.922 bits per heavy atom. The van der Waals surface area contributed by atoms with Gasteiger partial charge >= 0.3 is 6.18 Å². The number of carbonyl (C=O) groups excluding carboxylic acids is 1. The Hall–Kier alpha value is -3.59. The number of nitrogens with one attached hydrogen (secondary N) is 2. The van der Waals surface area contributed by atoms with E-state index >= 15 is 0 Å². The number of hydrogen-bond acceptors (Lipinski definition) is 8. The maximum absolute atomic E-state index is 13.4. The second-order valence-corrected chi connectivity index (χ2v) is 15.9. The van der Waals surface area contributed by atoms with Crippen molar-refractivity contribution < 1.29 is 26.4 Å². The summed E-state index contributed by atoms with van der Waals surface area (Å²) in [4.78, 5) is 28.9. The fourth-order valence-electron chi connectivity index (χ4n) is 7.13. The van der Waals surface area contributed by atoms with E-state index in [1.807, 2.05) is 61.2 Å². The highest BCUT2D eigenvalue weighted by Crippen LogP contribution is 2.34. The number of piperidine rings is 2. The molecule has 0 unspecified atom stereocenters. The number of rotatable bonds is 14. The smallest absolute Gasteiger partial charge is 0.364 e. The van der Waals surface area contributed by atoms with E-state index in [4.69, 9.17) is 0 Å². The summed E-state index contributed by atoms with van der Waals surface area (Å²) in [6.45, 7) is 9.83. The van der Waals surface area contributed by atoms with Crippen molar-refractivity contribution >= 4 is 21.6 Å². The van der Waals surface area contributed by atoms with E-state index in [1.54, 1.807) is 0 Å². The van der Waals surface area contributed by atoms with Crippen LogP contribution in [0.15, 0.2) is 60.9 Å². The quantitative estimate of drug-likeness (QED) is 0.218. The molecule has 0 spiro atoms. The molecule has 0 atom stereocenters.